The summed E-state index contributed by atoms with van der Waals surface area (Å²) in [6, 6.07) is 6.11. The molecule has 33 heavy (non-hydrogen) atoms. The molecule has 0 radical (unpaired) electrons. The molecule has 1 amide bonds. The third kappa shape index (κ3) is 4.07. The van der Waals surface area contributed by atoms with Crippen molar-refractivity contribution >= 4 is 28.3 Å². The van der Waals surface area contributed by atoms with Crippen LogP contribution in [0.4, 0.5) is 23.4 Å². The van der Waals surface area contributed by atoms with Crippen LogP contribution in [0.1, 0.15) is 27.5 Å². The highest BCUT2D eigenvalue weighted by atomic mass is 19.4. The number of alkyl halides is 3. The molecule has 2 N–H and O–H groups in total. The van der Waals surface area contributed by atoms with Crippen molar-refractivity contribution in [3.05, 3.63) is 71.4 Å². The van der Waals surface area contributed by atoms with Crippen LogP contribution in [-0.2, 0) is 10.9 Å². The molecule has 0 fully saturated rings. The average molecular weight is 461 g/mol. The Morgan fingerprint density at radius 3 is 2.55 bits per heavy atom. The predicted octanol–water partition coefficient (Wildman–Crippen LogP) is 4.08. The SMILES string of the molecule is COC[C@H](c1ccc(C(F)(F)F)cc1)N(C)C(=O)c1cc2c(cc1F)nc(N)c1cncn12. The van der Waals surface area contributed by atoms with Crippen LogP contribution in [0.2, 0.25) is 0 Å². The van der Waals surface area contributed by atoms with Crippen molar-refractivity contribution in [2.45, 2.75) is 12.2 Å². The van der Waals surface area contributed by atoms with Crippen molar-refractivity contribution in [1.82, 2.24) is 19.3 Å². The summed E-state index contributed by atoms with van der Waals surface area (Å²) in [6.45, 7) is -0.00728. The largest absolute Gasteiger partial charge is 0.416 e. The smallest absolute Gasteiger partial charge is 0.382 e. The van der Waals surface area contributed by atoms with E-state index < -0.39 is 29.5 Å². The summed E-state index contributed by atoms with van der Waals surface area (Å²) in [7, 11) is 2.83. The molecule has 2 aromatic carbocycles. The molecule has 1 atom stereocenters. The van der Waals surface area contributed by atoms with Gasteiger partial charge in [-0.3, -0.25) is 9.20 Å². The first kappa shape index (κ1) is 22.5. The van der Waals surface area contributed by atoms with Crippen molar-refractivity contribution in [1.29, 1.82) is 0 Å². The van der Waals surface area contributed by atoms with E-state index in [0.29, 0.717) is 16.6 Å². The van der Waals surface area contributed by atoms with Crippen LogP contribution >= 0.6 is 0 Å². The molecule has 0 saturated carbocycles. The van der Waals surface area contributed by atoms with Crippen LogP contribution in [0.15, 0.2) is 48.9 Å². The molecule has 4 rings (SSSR count). The fraction of sp³-hybridized carbons (Fsp3) is 0.227. The maximum atomic E-state index is 14.9. The molecule has 4 aromatic rings. The Morgan fingerprint density at radius 1 is 1.21 bits per heavy atom. The summed E-state index contributed by atoms with van der Waals surface area (Å²) >= 11 is 0. The number of aromatic nitrogens is 3. The third-order valence-corrected chi connectivity index (χ3v) is 5.43. The third-order valence-electron chi connectivity index (χ3n) is 5.43. The Bertz CT molecular complexity index is 1330. The molecule has 0 aliphatic carbocycles. The monoisotopic (exact) mass is 461 g/mol. The van der Waals surface area contributed by atoms with E-state index in [0.717, 1.165) is 18.2 Å². The van der Waals surface area contributed by atoms with Gasteiger partial charge in [0.25, 0.3) is 5.91 Å². The van der Waals surface area contributed by atoms with Crippen LogP contribution in [0.5, 0.6) is 0 Å². The van der Waals surface area contributed by atoms with Crippen molar-refractivity contribution < 1.29 is 27.1 Å². The lowest BCUT2D eigenvalue weighted by molar-refractivity contribution is -0.137. The first-order valence-corrected chi connectivity index (χ1v) is 9.76. The zero-order valence-electron chi connectivity index (χ0n) is 17.6. The summed E-state index contributed by atoms with van der Waals surface area (Å²) < 4.78 is 60.4. The lowest BCUT2D eigenvalue weighted by atomic mass is 10.0. The van der Waals surface area contributed by atoms with Crippen LogP contribution in [0.3, 0.4) is 0 Å². The average Bonchev–Trinajstić information content (AvgIpc) is 3.27. The van der Waals surface area contributed by atoms with E-state index in [-0.39, 0.29) is 23.5 Å². The molecule has 2 heterocycles. The summed E-state index contributed by atoms with van der Waals surface area (Å²) in [5, 5.41) is 0. The Balaban J connectivity index is 1.73. The number of imidazole rings is 1. The molecule has 0 aliphatic heterocycles. The number of halogens is 4. The Hall–Kier alpha value is -3.73. The van der Waals surface area contributed by atoms with Gasteiger partial charge in [-0.1, -0.05) is 12.1 Å². The topological polar surface area (TPSA) is 85.8 Å². The number of hydrogen-bond donors (Lipinski definition) is 1. The molecular weight excluding hydrogens is 442 g/mol. The van der Waals surface area contributed by atoms with Gasteiger partial charge >= 0.3 is 6.18 Å². The second-order valence-electron chi connectivity index (χ2n) is 7.47. The number of ether oxygens (including phenoxy) is 1. The van der Waals surface area contributed by atoms with Crippen molar-refractivity contribution in [2.75, 3.05) is 26.5 Å². The van der Waals surface area contributed by atoms with Crippen molar-refractivity contribution in [3.63, 3.8) is 0 Å². The van der Waals surface area contributed by atoms with Crippen molar-refractivity contribution in [3.8, 4) is 0 Å². The fourth-order valence-corrected chi connectivity index (χ4v) is 3.68. The predicted molar refractivity (Wildman–Crippen MR) is 113 cm³/mol. The number of carbonyl (C=O) groups is 1. The van der Waals surface area contributed by atoms with Gasteiger partial charge in [-0.25, -0.2) is 14.4 Å². The first-order valence-electron chi connectivity index (χ1n) is 9.76. The zero-order chi connectivity index (χ0) is 23.9. The number of carbonyl (C=O) groups excluding carboxylic acids is 1. The van der Waals surface area contributed by atoms with Gasteiger partial charge in [-0.15, -0.1) is 0 Å². The molecule has 2 aromatic heterocycles. The van der Waals surface area contributed by atoms with Crippen LogP contribution in [-0.4, -0.2) is 45.9 Å². The summed E-state index contributed by atoms with van der Waals surface area (Å²) in [5.74, 6) is -1.33. The summed E-state index contributed by atoms with van der Waals surface area (Å²) in [5.41, 5.74) is 6.41. The highest BCUT2D eigenvalue weighted by Gasteiger charge is 2.31. The Kier molecular flexibility index (Phi) is 5.66. The van der Waals surface area contributed by atoms with Gasteiger partial charge in [0.2, 0.25) is 0 Å². The van der Waals surface area contributed by atoms with Crippen LogP contribution < -0.4 is 5.73 Å². The number of anilines is 1. The minimum absolute atomic E-state index is 0.00728. The van der Waals surface area contributed by atoms with Gasteiger partial charge < -0.3 is 15.4 Å². The van der Waals surface area contributed by atoms with Gasteiger partial charge in [0.05, 0.1) is 47.3 Å². The number of hydrogen-bond acceptors (Lipinski definition) is 5. The normalized spacial score (nSPS) is 12.9. The van der Waals surface area contributed by atoms with Crippen molar-refractivity contribution in [2.24, 2.45) is 0 Å². The molecule has 0 spiro atoms. The number of rotatable bonds is 5. The van der Waals surface area contributed by atoms with E-state index in [9.17, 15) is 22.4 Å². The minimum Gasteiger partial charge on any atom is -0.382 e. The zero-order valence-corrected chi connectivity index (χ0v) is 17.6. The number of nitrogens with zero attached hydrogens (tertiary/aromatic N) is 4. The van der Waals surface area contributed by atoms with Crippen LogP contribution in [0.25, 0.3) is 16.6 Å². The first-order chi connectivity index (χ1) is 15.6. The number of fused-ring (bicyclic) bond motifs is 3. The van der Waals surface area contributed by atoms with E-state index in [1.165, 1.54) is 49.8 Å². The van der Waals surface area contributed by atoms with Gasteiger partial charge in [0.1, 0.15) is 17.2 Å². The molecule has 0 saturated heterocycles. The van der Waals surface area contributed by atoms with Gasteiger partial charge in [-0.05, 0) is 23.8 Å². The van der Waals surface area contributed by atoms with E-state index in [4.69, 9.17) is 10.5 Å². The highest BCUT2D eigenvalue weighted by Crippen LogP contribution is 2.31. The number of amides is 1. The summed E-state index contributed by atoms with van der Waals surface area (Å²) in [6.07, 6.45) is -1.51. The molecule has 172 valence electrons. The molecule has 11 heteroatoms. The molecular formula is C22H19F4N5O2. The quantitative estimate of drug-likeness (QED) is 0.453. The molecule has 0 bridgehead atoms. The number of benzene rings is 2. The fourth-order valence-electron chi connectivity index (χ4n) is 3.68. The van der Waals surface area contributed by atoms with E-state index >= 15 is 0 Å². The van der Waals surface area contributed by atoms with E-state index in [1.54, 1.807) is 4.40 Å². The van der Waals surface area contributed by atoms with Crippen LogP contribution in [0, 0.1) is 5.82 Å². The second kappa shape index (κ2) is 8.32. The van der Waals surface area contributed by atoms with E-state index in [1.807, 2.05) is 0 Å². The number of methoxy groups -OCH3 is 1. The highest BCUT2D eigenvalue weighted by molar-refractivity contribution is 5.98. The Morgan fingerprint density at radius 2 is 1.91 bits per heavy atom. The molecule has 0 unspecified atom stereocenters. The standard InChI is InChI=1S/C22H19F4N5O2/c1-30(19(10-33-2)12-3-5-13(6-4-12)22(24,25)26)21(32)14-7-17-16(8-15(14)23)29-20(27)18-9-28-11-31(17)18/h3-9,11,19H,10H2,1-2H3,(H2,27,29)/t19-/m1/s1. The maximum Gasteiger partial charge on any atom is 0.416 e. The number of nitrogens with two attached hydrogens (primary N) is 1. The van der Waals surface area contributed by atoms with Gasteiger partial charge in [0.15, 0.2) is 0 Å². The van der Waals surface area contributed by atoms with Gasteiger partial charge in [0, 0.05) is 20.2 Å². The lowest BCUT2D eigenvalue weighted by Crippen LogP contribution is -2.34. The Labute approximate surface area is 185 Å². The molecule has 0 aliphatic rings. The lowest BCUT2D eigenvalue weighted by Gasteiger charge is -2.28. The maximum absolute atomic E-state index is 14.9. The second-order valence-corrected chi connectivity index (χ2v) is 7.47. The van der Waals surface area contributed by atoms with Gasteiger partial charge in [-0.2, -0.15) is 13.2 Å². The number of nitrogen functional groups attached to an aromatic ring is 1. The molecule has 7 nitrogen and oxygen atoms in total. The van der Waals surface area contributed by atoms with E-state index in [2.05, 4.69) is 9.97 Å². The minimum atomic E-state index is -4.48. The number of likely N-dealkylation sites (N-methyl/N-ethyl adjacent to an activating group) is 1. The summed E-state index contributed by atoms with van der Waals surface area (Å²) in [4.78, 5) is 22.7.